The summed E-state index contributed by atoms with van der Waals surface area (Å²) < 4.78 is 5.28. The Morgan fingerprint density at radius 2 is 2.23 bits per heavy atom. The molecule has 0 bridgehead atoms. The van der Waals surface area contributed by atoms with E-state index in [1.54, 1.807) is 6.33 Å². The van der Waals surface area contributed by atoms with Crippen molar-refractivity contribution in [2.45, 2.75) is 51.4 Å². The average molecular weight is 299 g/mol. The molecule has 4 rings (SSSR count). The van der Waals surface area contributed by atoms with Crippen LogP contribution in [0.2, 0.25) is 0 Å². The fourth-order valence-electron chi connectivity index (χ4n) is 3.57. The number of hydrogen-bond acceptors (Lipinski definition) is 6. The van der Waals surface area contributed by atoms with E-state index in [9.17, 15) is 0 Å². The molecule has 0 N–H and O–H groups in total. The van der Waals surface area contributed by atoms with Crippen LogP contribution in [0.1, 0.15) is 55.1 Å². The number of fused-ring (bicyclic) bond motifs is 1. The van der Waals surface area contributed by atoms with Gasteiger partial charge in [-0.1, -0.05) is 12.1 Å². The van der Waals surface area contributed by atoms with E-state index in [-0.39, 0.29) is 0 Å². The largest absolute Gasteiger partial charge is 0.356 e. The standard InChI is InChI=1S/C16H21N5O/c1-2-14-19-15(20-22-14)11-5-4-8-21(9-11)16-12-6-3-7-13(12)17-10-18-16/h10-11H,2-9H2,1H3. The molecule has 1 aliphatic carbocycles. The summed E-state index contributed by atoms with van der Waals surface area (Å²) in [6.07, 6.45) is 8.16. The molecule has 1 aliphatic heterocycles. The van der Waals surface area contributed by atoms with Crippen LogP contribution >= 0.6 is 0 Å². The summed E-state index contributed by atoms with van der Waals surface area (Å²) in [5.74, 6) is 3.05. The molecule has 6 heteroatoms. The molecule has 3 heterocycles. The zero-order chi connectivity index (χ0) is 14.9. The van der Waals surface area contributed by atoms with Gasteiger partial charge in [0.15, 0.2) is 5.82 Å². The summed E-state index contributed by atoms with van der Waals surface area (Å²) >= 11 is 0. The highest BCUT2D eigenvalue weighted by molar-refractivity contribution is 5.51. The SMILES string of the molecule is CCc1nc(C2CCCN(c3ncnc4c3CCC4)C2)no1. The Labute approximate surface area is 130 Å². The first kappa shape index (κ1) is 13.7. The summed E-state index contributed by atoms with van der Waals surface area (Å²) in [4.78, 5) is 15.9. The molecular weight excluding hydrogens is 278 g/mol. The van der Waals surface area contributed by atoms with Crippen molar-refractivity contribution < 1.29 is 4.52 Å². The summed E-state index contributed by atoms with van der Waals surface area (Å²) in [5, 5.41) is 4.17. The van der Waals surface area contributed by atoms with E-state index in [0.29, 0.717) is 5.92 Å². The highest BCUT2D eigenvalue weighted by Crippen LogP contribution is 2.32. The van der Waals surface area contributed by atoms with E-state index in [1.165, 1.54) is 17.7 Å². The second-order valence-electron chi connectivity index (χ2n) is 6.16. The molecular formula is C16H21N5O. The Morgan fingerprint density at radius 3 is 3.09 bits per heavy atom. The Balaban J connectivity index is 1.57. The van der Waals surface area contributed by atoms with Gasteiger partial charge in [0.2, 0.25) is 5.89 Å². The molecule has 1 fully saturated rings. The summed E-state index contributed by atoms with van der Waals surface area (Å²) in [6, 6.07) is 0. The van der Waals surface area contributed by atoms with Crippen molar-refractivity contribution in [3.63, 3.8) is 0 Å². The van der Waals surface area contributed by atoms with Gasteiger partial charge in [-0.3, -0.25) is 0 Å². The van der Waals surface area contributed by atoms with Gasteiger partial charge in [-0.15, -0.1) is 0 Å². The minimum Gasteiger partial charge on any atom is -0.356 e. The summed E-state index contributed by atoms with van der Waals surface area (Å²) in [6.45, 7) is 4.01. The highest BCUT2D eigenvalue weighted by atomic mass is 16.5. The molecule has 0 radical (unpaired) electrons. The van der Waals surface area contributed by atoms with Gasteiger partial charge in [-0.05, 0) is 32.1 Å². The smallest absolute Gasteiger partial charge is 0.226 e. The third-order valence-corrected chi connectivity index (χ3v) is 4.72. The molecule has 0 spiro atoms. The second kappa shape index (κ2) is 5.66. The van der Waals surface area contributed by atoms with Gasteiger partial charge in [0, 0.05) is 36.7 Å². The zero-order valence-corrected chi connectivity index (χ0v) is 13.0. The Bertz CT molecular complexity index is 668. The van der Waals surface area contributed by atoms with E-state index >= 15 is 0 Å². The van der Waals surface area contributed by atoms with Crippen LogP contribution in [0.15, 0.2) is 10.9 Å². The van der Waals surface area contributed by atoms with Crippen LogP contribution in [0.3, 0.4) is 0 Å². The van der Waals surface area contributed by atoms with E-state index in [0.717, 1.165) is 62.7 Å². The molecule has 1 unspecified atom stereocenters. The topological polar surface area (TPSA) is 67.9 Å². The highest BCUT2D eigenvalue weighted by Gasteiger charge is 2.28. The van der Waals surface area contributed by atoms with Crippen molar-refractivity contribution in [3.8, 4) is 0 Å². The van der Waals surface area contributed by atoms with Gasteiger partial charge < -0.3 is 9.42 Å². The molecule has 6 nitrogen and oxygen atoms in total. The number of anilines is 1. The lowest BCUT2D eigenvalue weighted by atomic mass is 9.97. The van der Waals surface area contributed by atoms with Crippen LogP contribution in [-0.2, 0) is 19.3 Å². The number of nitrogens with zero attached hydrogens (tertiary/aromatic N) is 5. The van der Waals surface area contributed by atoms with Crippen LogP contribution < -0.4 is 4.90 Å². The van der Waals surface area contributed by atoms with Gasteiger partial charge in [0.25, 0.3) is 0 Å². The molecule has 1 saturated heterocycles. The summed E-state index contributed by atoms with van der Waals surface area (Å²) in [5.41, 5.74) is 2.59. The molecule has 0 aromatic carbocycles. The van der Waals surface area contributed by atoms with E-state index in [2.05, 4.69) is 25.0 Å². The molecule has 2 aromatic rings. The van der Waals surface area contributed by atoms with Crippen molar-refractivity contribution in [3.05, 3.63) is 29.3 Å². The maximum Gasteiger partial charge on any atom is 0.226 e. The maximum atomic E-state index is 5.28. The quantitative estimate of drug-likeness (QED) is 0.866. The fourth-order valence-corrected chi connectivity index (χ4v) is 3.57. The molecule has 2 aromatic heterocycles. The Kier molecular flexibility index (Phi) is 3.52. The fraction of sp³-hybridized carbons (Fsp3) is 0.625. The minimum atomic E-state index is 0.338. The third kappa shape index (κ3) is 2.36. The number of hydrogen-bond donors (Lipinski definition) is 0. The van der Waals surface area contributed by atoms with Crippen molar-refractivity contribution >= 4 is 5.82 Å². The third-order valence-electron chi connectivity index (χ3n) is 4.72. The van der Waals surface area contributed by atoms with E-state index in [1.807, 2.05) is 6.92 Å². The number of rotatable bonds is 3. The van der Waals surface area contributed by atoms with Crippen molar-refractivity contribution in [2.24, 2.45) is 0 Å². The first-order chi connectivity index (χ1) is 10.8. The number of piperidine rings is 1. The lowest BCUT2D eigenvalue weighted by molar-refractivity contribution is 0.368. The average Bonchev–Trinajstić information content (AvgIpc) is 3.23. The van der Waals surface area contributed by atoms with Crippen LogP contribution in [0.4, 0.5) is 5.82 Å². The molecule has 116 valence electrons. The van der Waals surface area contributed by atoms with Crippen LogP contribution in [0.5, 0.6) is 0 Å². The normalized spacial score (nSPS) is 21.1. The minimum absolute atomic E-state index is 0.338. The molecule has 0 amide bonds. The van der Waals surface area contributed by atoms with Gasteiger partial charge in [0.1, 0.15) is 12.1 Å². The van der Waals surface area contributed by atoms with Gasteiger partial charge in [0.05, 0.1) is 0 Å². The zero-order valence-electron chi connectivity index (χ0n) is 13.0. The van der Waals surface area contributed by atoms with Crippen molar-refractivity contribution in [1.82, 2.24) is 20.1 Å². The lowest BCUT2D eigenvalue weighted by Crippen LogP contribution is -2.36. The predicted molar refractivity (Wildman–Crippen MR) is 81.9 cm³/mol. The maximum absolute atomic E-state index is 5.28. The van der Waals surface area contributed by atoms with Crippen LogP contribution in [0.25, 0.3) is 0 Å². The molecule has 22 heavy (non-hydrogen) atoms. The monoisotopic (exact) mass is 299 g/mol. The Hall–Kier alpha value is -1.98. The van der Waals surface area contributed by atoms with Crippen LogP contribution in [0, 0.1) is 0 Å². The van der Waals surface area contributed by atoms with Crippen molar-refractivity contribution in [2.75, 3.05) is 18.0 Å². The van der Waals surface area contributed by atoms with Gasteiger partial charge in [-0.25, -0.2) is 9.97 Å². The summed E-state index contributed by atoms with van der Waals surface area (Å²) in [7, 11) is 0. The van der Waals surface area contributed by atoms with E-state index < -0.39 is 0 Å². The number of aryl methyl sites for hydroxylation is 2. The molecule has 2 aliphatic rings. The first-order valence-corrected chi connectivity index (χ1v) is 8.25. The van der Waals surface area contributed by atoms with Crippen LogP contribution in [-0.4, -0.2) is 33.2 Å². The number of aromatic nitrogens is 4. The van der Waals surface area contributed by atoms with Gasteiger partial charge in [-0.2, -0.15) is 4.98 Å². The first-order valence-electron chi connectivity index (χ1n) is 8.25. The second-order valence-corrected chi connectivity index (χ2v) is 6.16. The molecule has 1 atom stereocenters. The van der Waals surface area contributed by atoms with Gasteiger partial charge >= 0.3 is 0 Å². The van der Waals surface area contributed by atoms with E-state index in [4.69, 9.17) is 4.52 Å². The van der Waals surface area contributed by atoms with Crippen molar-refractivity contribution in [1.29, 1.82) is 0 Å². The molecule has 0 saturated carbocycles. The predicted octanol–water partition coefficient (Wildman–Crippen LogP) is 2.29. The lowest BCUT2D eigenvalue weighted by Gasteiger charge is -2.33. The Morgan fingerprint density at radius 1 is 1.27 bits per heavy atom.